The molecule has 2 aliphatic heterocycles. The fourth-order valence-corrected chi connectivity index (χ4v) is 2.94. The summed E-state index contributed by atoms with van der Waals surface area (Å²) in [6.45, 7) is 4.15. The number of hydrogen-bond acceptors (Lipinski definition) is 4. The van der Waals surface area contributed by atoms with Gasteiger partial charge in [0.15, 0.2) is 5.11 Å². The first-order valence-electron chi connectivity index (χ1n) is 7.28. The standard InChI is InChI=1S/C16H17N3O2S/c1-10-8-12(19-6-2-3-7-19)5-4-11(10)9-13-14(20)17-16(22)18-15(13)21/h4-5,8-9H,2-3,6-7H2,1H3,(H2,17,18,20,21,22). The van der Waals surface area contributed by atoms with Crippen molar-refractivity contribution in [1.82, 2.24) is 10.6 Å². The van der Waals surface area contributed by atoms with E-state index in [0.717, 1.165) is 24.2 Å². The van der Waals surface area contributed by atoms with Crippen LogP contribution in [-0.2, 0) is 9.59 Å². The van der Waals surface area contributed by atoms with Crippen LogP contribution < -0.4 is 15.5 Å². The second kappa shape index (κ2) is 5.88. The minimum atomic E-state index is -0.461. The highest BCUT2D eigenvalue weighted by molar-refractivity contribution is 7.80. The van der Waals surface area contributed by atoms with Crippen LogP contribution in [0.1, 0.15) is 24.0 Å². The van der Waals surface area contributed by atoms with Gasteiger partial charge in [0, 0.05) is 18.8 Å². The molecule has 22 heavy (non-hydrogen) atoms. The molecule has 0 unspecified atom stereocenters. The van der Waals surface area contributed by atoms with Crippen LogP contribution in [0.4, 0.5) is 5.69 Å². The minimum Gasteiger partial charge on any atom is -0.372 e. The lowest BCUT2D eigenvalue weighted by Gasteiger charge is -2.19. The molecule has 2 saturated heterocycles. The van der Waals surface area contributed by atoms with Crippen molar-refractivity contribution in [3.63, 3.8) is 0 Å². The Morgan fingerprint density at radius 2 is 1.77 bits per heavy atom. The van der Waals surface area contributed by atoms with Crippen molar-refractivity contribution in [2.24, 2.45) is 0 Å². The minimum absolute atomic E-state index is 0.0493. The summed E-state index contributed by atoms with van der Waals surface area (Å²) >= 11 is 4.78. The predicted octanol–water partition coefficient (Wildman–Crippen LogP) is 1.51. The zero-order chi connectivity index (χ0) is 15.7. The van der Waals surface area contributed by atoms with E-state index in [9.17, 15) is 9.59 Å². The number of hydrogen-bond donors (Lipinski definition) is 2. The van der Waals surface area contributed by atoms with Gasteiger partial charge in [-0.1, -0.05) is 6.07 Å². The molecule has 2 fully saturated rings. The highest BCUT2D eigenvalue weighted by Gasteiger charge is 2.25. The van der Waals surface area contributed by atoms with Crippen LogP contribution in [0.3, 0.4) is 0 Å². The Morgan fingerprint density at radius 1 is 1.14 bits per heavy atom. The van der Waals surface area contributed by atoms with Crippen LogP contribution in [-0.4, -0.2) is 30.0 Å². The molecule has 0 saturated carbocycles. The number of nitrogens with zero attached hydrogens (tertiary/aromatic N) is 1. The van der Waals surface area contributed by atoms with E-state index in [0.29, 0.717) is 0 Å². The molecule has 0 atom stereocenters. The van der Waals surface area contributed by atoms with Gasteiger partial charge >= 0.3 is 0 Å². The van der Waals surface area contributed by atoms with Gasteiger partial charge in [-0.3, -0.25) is 20.2 Å². The molecular weight excluding hydrogens is 298 g/mol. The second-order valence-electron chi connectivity index (χ2n) is 5.53. The highest BCUT2D eigenvalue weighted by atomic mass is 32.1. The maximum atomic E-state index is 11.9. The van der Waals surface area contributed by atoms with Gasteiger partial charge < -0.3 is 4.90 Å². The number of amides is 2. The fraction of sp³-hybridized carbons (Fsp3) is 0.312. The van der Waals surface area contributed by atoms with E-state index in [1.54, 1.807) is 6.08 Å². The van der Waals surface area contributed by atoms with Crippen molar-refractivity contribution in [3.8, 4) is 0 Å². The third-order valence-electron chi connectivity index (χ3n) is 3.97. The average molecular weight is 315 g/mol. The molecular formula is C16H17N3O2S. The van der Waals surface area contributed by atoms with Gasteiger partial charge in [-0.15, -0.1) is 0 Å². The van der Waals surface area contributed by atoms with E-state index in [1.165, 1.54) is 18.5 Å². The molecule has 2 amide bonds. The molecule has 5 nitrogen and oxygen atoms in total. The summed E-state index contributed by atoms with van der Waals surface area (Å²) < 4.78 is 0. The van der Waals surface area contributed by atoms with Gasteiger partial charge in [0.2, 0.25) is 0 Å². The highest BCUT2D eigenvalue weighted by Crippen LogP contribution is 2.24. The van der Waals surface area contributed by atoms with E-state index < -0.39 is 11.8 Å². The molecule has 114 valence electrons. The number of carbonyl (C=O) groups excluding carboxylic acids is 2. The number of anilines is 1. The molecule has 3 rings (SSSR count). The summed E-state index contributed by atoms with van der Waals surface area (Å²) in [6.07, 6.45) is 4.06. The van der Waals surface area contributed by atoms with Crippen molar-refractivity contribution in [1.29, 1.82) is 0 Å². The Bertz CT molecular complexity index is 669. The Morgan fingerprint density at radius 3 is 2.36 bits per heavy atom. The number of aryl methyl sites for hydroxylation is 1. The van der Waals surface area contributed by atoms with Gasteiger partial charge in [0.25, 0.3) is 11.8 Å². The quantitative estimate of drug-likeness (QED) is 0.493. The zero-order valence-corrected chi connectivity index (χ0v) is 13.1. The molecule has 2 aliphatic rings. The second-order valence-corrected chi connectivity index (χ2v) is 5.94. The van der Waals surface area contributed by atoms with Gasteiger partial charge in [0.1, 0.15) is 5.57 Å². The normalized spacial score (nSPS) is 18.3. The number of benzene rings is 1. The Labute approximate surface area is 134 Å². The summed E-state index contributed by atoms with van der Waals surface area (Å²) in [4.78, 5) is 26.1. The molecule has 1 aromatic rings. The van der Waals surface area contributed by atoms with E-state index in [1.807, 2.05) is 19.1 Å². The third kappa shape index (κ3) is 2.87. The fourth-order valence-electron chi connectivity index (χ4n) is 2.76. The van der Waals surface area contributed by atoms with Crippen LogP contribution >= 0.6 is 12.2 Å². The van der Waals surface area contributed by atoms with Gasteiger partial charge in [-0.25, -0.2) is 0 Å². The van der Waals surface area contributed by atoms with Crippen molar-refractivity contribution < 1.29 is 9.59 Å². The topological polar surface area (TPSA) is 61.4 Å². The molecule has 0 bridgehead atoms. The molecule has 1 aromatic carbocycles. The maximum Gasteiger partial charge on any atom is 0.263 e. The van der Waals surface area contributed by atoms with Gasteiger partial charge in [0.05, 0.1) is 0 Å². The monoisotopic (exact) mass is 315 g/mol. The van der Waals surface area contributed by atoms with E-state index in [-0.39, 0.29) is 10.7 Å². The zero-order valence-electron chi connectivity index (χ0n) is 12.3. The summed E-state index contributed by atoms with van der Waals surface area (Å²) in [5, 5.41) is 4.93. The lowest BCUT2D eigenvalue weighted by atomic mass is 10.0. The van der Waals surface area contributed by atoms with Crippen molar-refractivity contribution >= 4 is 40.9 Å². The molecule has 2 N–H and O–H groups in total. The van der Waals surface area contributed by atoms with Gasteiger partial charge in [-0.05, 0) is 61.3 Å². The summed E-state index contributed by atoms with van der Waals surface area (Å²) in [5.41, 5.74) is 3.16. The first kappa shape index (κ1) is 14.7. The smallest absolute Gasteiger partial charge is 0.263 e. The number of nitrogens with one attached hydrogen (secondary N) is 2. The molecule has 0 radical (unpaired) electrons. The number of thiocarbonyl (C=S) groups is 1. The third-order valence-corrected chi connectivity index (χ3v) is 4.17. The van der Waals surface area contributed by atoms with Crippen LogP contribution in [0.5, 0.6) is 0 Å². The van der Waals surface area contributed by atoms with Crippen molar-refractivity contribution in [2.45, 2.75) is 19.8 Å². The van der Waals surface area contributed by atoms with Crippen molar-refractivity contribution in [3.05, 3.63) is 34.9 Å². The maximum absolute atomic E-state index is 11.9. The largest absolute Gasteiger partial charge is 0.372 e. The molecule has 0 spiro atoms. The molecule has 0 aromatic heterocycles. The molecule has 6 heteroatoms. The van der Waals surface area contributed by atoms with Crippen LogP contribution in [0.2, 0.25) is 0 Å². The Hall–Kier alpha value is -2.21. The van der Waals surface area contributed by atoms with Crippen LogP contribution in [0, 0.1) is 6.92 Å². The Balaban J connectivity index is 1.88. The lowest BCUT2D eigenvalue weighted by molar-refractivity contribution is -0.123. The summed E-state index contributed by atoms with van der Waals surface area (Å²) in [6, 6.07) is 6.08. The summed E-state index contributed by atoms with van der Waals surface area (Å²) in [7, 11) is 0. The summed E-state index contributed by atoms with van der Waals surface area (Å²) in [5.74, 6) is -0.923. The number of rotatable bonds is 2. The van der Waals surface area contributed by atoms with Crippen LogP contribution in [0.25, 0.3) is 6.08 Å². The van der Waals surface area contributed by atoms with Crippen LogP contribution in [0.15, 0.2) is 23.8 Å². The predicted molar refractivity (Wildman–Crippen MR) is 89.5 cm³/mol. The van der Waals surface area contributed by atoms with Gasteiger partial charge in [-0.2, -0.15) is 0 Å². The average Bonchev–Trinajstić information content (AvgIpc) is 2.98. The van der Waals surface area contributed by atoms with Crippen molar-refractivity contribution in [2.75, 3.05) is 18.0 Å². The van der Waals surface area contributed by atoms with E-state index in [2.05, 4.69) is 21.6 Å². The first-order chi connectivity index (χ1) is 10.5. The SMILES string of the molecule is Cc1cc(N2CCCC2)ccc1C=C1C(=O)NC(=S)NC1=O. The molecule has 0 aliphatic carbocycles. The van der Waals surface area contributed by atoms with E-state index in [4.69, 9.17) is 12.2 Å². The van der Waals surface area contributed by atoms with E-state index >= 15 is 0 Å². The first-order valence-corrected chi connectivity index (χ1v) is 7.69. The number of carbonyl (C=O) groups is 2. The molecule has 2 heterocycles. The lowest BCUT2D eigenvalue weighted by Crippen LogP contribution is -2.51. The Kier molecular flexibility index (Phi) is 3.94.